The lowest BCUT2D eigenvalue weighted by atomic mass is 9.86. The van der Waals surface area contributed by atoms with Gasteiger partial charge < -0.3 is 10.0 Å². The van der Waals surface area contributed by atoms with E-state index in [9.17, 15) is 23.1 Å². The van der Waals surface area contributed by atoms with Crippen molar-refractivity contribution in [2.75, 3.05) is 19.6 Å². The fourth-order valence-corrected chi connectivity index (χ4v) is 4.94. The number of amides is 1. The number of fused-ring (bicyclic) bond motifs is 1. The molecule has 2 aliphatic rings. The van der Waals surface area contributed by atoms with Crippen molar-refractivity contribution in [3.63, 3.8) is 0 Å². The number of phenols is 1. The number of halogens is 3. The van der Waals surface area contributed by atoms with Crippen LogP contribution in [0.4, 0.5) is 13.2 Å². The molecule has 31 heavy (non-hydrogen) atoms. The van der Waals surface area contributed by atoms with Crippen LogP contribution in [-0.2, 0) is 6.18 Å². The molecule has 4 rings (SSSR count). The van der Waals surface area contributed by atoms with Crippen LogP contribution in [0.5, 0.6) is 5.75 Å². The molecule has 2 saturated heterocycles. The molecule has 2 aromatic rings. The number of benzene rings is 2. The molecular weight excluding hydrogens is 405 g/mol. The first-order chi connectivity index (χ1) is 14.7. The van der Waals surface area contributed by atoms with E-state index in [-0.39, 0.29) is 18.0 Å². The average Bonchev–Trinajstić information content (AvgIpc) is 2.76. The number of hydrogen-bond acceptors (Lipinski definition) is 3. The van der Waals surface area contributed by atoms with Crippen LogP contribution in [0.15, 0.2) is 36.4 Å². The highest BCUT2D eigenvalue weighted by Crippen LogP contribution is 2.39. The van der Waals surface area contributed by atoms with Gasteiger partial charge in [0.25, 0.3) is 5.91 Å². The van der Waals surface area contributed by atoms with E-state index in [2.05, 4.69) is 4.90 Å². The predicted octanol–water partition coefficient (Wildman–Crippen LogP) is 5.08. The number of carbonyl (C=O) groups excluding carboxylic acids is 1. The van der Waals surface area contributed by atoms with Gasteiger partial charge >= 0.3 is 6.18 Å². The summed E-state index contributed by atoms with van der Waals surface area (Å²) >= 11 is 0. The summed E-state index contributed by atoms with van der Waals surface area (Å²) in [4.78, 5) is 17.1. The standard InChI is InChI=1S/C24H27F3N2O2/c1-15-16(2)22(30)11-10-20(15)21-5-3-4-19-14-28(12-13-29(19)21)23(31)17-6-8-18(9-7-17)24(25,26)27/h6-11,19,21,30H,3-5,12-14H2,1-2H3/t19-,21+/m0/s1. The maximum atomic E-state index is 12.9. The van der Waals surface area contributed by atoms with Gasteiger partial charge in [0, 0.05) is 37.3 Å². The molecule has 1 N–H and O–H groups in total. The summed E-state index contributed by atoms with van der Waals surface area (Å²) in [5.74, 6) is 0.0905. The molecule has 0 radical (unpaired) electrons. The number of aromatic hydroxyl groups is 1. The second-order valence-corrected chi connectivity index (χ2v) is 8.59. The molecule has 166 valence electrons. The zero-order valence-electron chi connectivity index (χ0n) is 17.7. The molecule has 2 atom stereocenters. The highest BCUT2D eigenvalue weighted by Gasteiger charge is 2.38. The Labute approximate surface area is 180 Å². The molecule has 0 spiro atoms. The van der Waals surface area contributed by atoms with E-state index in [1.54, 1.807) is 11.0 Å². The lowest BCUT2D eigenvalue weighted by Crippen LogP contribution is -2.57. The second kappa shape index (κ2) is 8.19. The van der Waals surface area contributed by atoms with Crippen molar-refractivity contribution in [1.82, 2.24) is 9.80 Å². The molecule has 2 aromatic carbocycles. The summed E-state index contributed by atoms with van der Waals surface area (Å²) in [5.41, 5.74) is 2.77. The van der Waals surface area contributed by atoms with Crippen LogP contribution in [0.3, 0.4) is 0 Å². The number of piperidine rings is 1. The monoisotopic (exact) mass is 432 g/mol. The van der Waals surface area contributed by atoms with Gasteiger partial charge in [-0.2, -0.15) is 13.2 Å². The van der Waals surface area contributed by atoms with E-state index in [1.807, 2.05) is 19.9 Å². The van der Waals surface area contributed by atoms with Crippen LogP contribution >= 0.6 is 0 Å². The van der Waals surface area contributed by atoms with Gasteiger partial charge in [0.1, 0.15) is 5.75 Å². The van der Waals surface area contributed by atoms with Crippen LogP contribution in [0.25, 0.3) is 0 Å². The molecule has 0 saturated carbocycles. The van der Waals surface area contributed by atoms with Gasteiger partial charge in [-0.05, 0) is 80.1 Å². The Kier molecular flexibility index (Phi) is 5.73. The number of piperazine rings is 1. The summed E-state index contributed by atoms with van der Waals surface area (Å²) in [5, 5.41) is 10.0. The summed E-state index contributed by atoms with van der Waals surface area (Å²) in [6, 6.07) is 8.70. The molecule has 0 aromatic heterocycles. The van der Waals surface area contributed by atoms with Crippen molar-refractivity contribution in [2.24, 2.45) is 0 Å². The van der Waals surface area contributed by atoms with E-state index >= 15 is 0 Å². The Morgan fingerprint density at radius 1 is 1.00 bits per heavy atom. The van der Waals surface area contributed by atoms with Crippen molar-refractivity contribution in [2.45, 2.75) is 51.4 Å². The third-order valence-corrected chi connectivity index (χ3v) is 6.85. The van der Waals surface area contributed by atoms with Gasteiger partial charge in [0.2, 0.25) is 0 Å². The molecule has 0 bridgehead atoms. The zero-order chi connectivity index (χ0) is 22.3. The SMILES string of the molecule is Cc1c(O)ccc([C@H]2CCC[C@H]3CN(C(=O)c4ccc(C(F)(F)F)cc4)CCN32)c1C. The van der Waals surface area contributed by atoms with Gasteiger partial charge in [0.15, 0.2) is 0 Å². The summed E-state index contributed by atoms with van der Waals surface area (Å²) in [7, 11) is 0. The van der Waals surface area contributed by atoms with Gasteiger partial charge in [0.05, 0.1) is 5.56 Å². The highest BCUT2D eigenvalue weighted by molar-refractivity contribution is 5.94. The van der Waals surface area contributed by atoms with Crippen LogP contribution in [-0.4, -0.2) is 46.5 Å². The van der Waals surface area contributed by atoms with Gasteiger partial charge in [-0.3, -0.25) is 9.69 Å². The Balaban J connectivity index is 1.49. The second-order valence-electron chi connectivity index (χ2n) is 8.59. The number of hydrogen-bond donors (Lipinski definition) is 1. The molecule has 2 heterocycles. The molecule has 4 nitrogen and oxygen atoms in total. The number of rotatable bonds is 2. The van der Waals surface area contributed by atoms with Gasteiger partial charge in [-0.15, -0.1) is 0 Å². The number of alkyl halides is 3. The first-order valence-corrected chi connectivity index (χ1v) is 10.7. The third-order valence-electron chi connectivity index (χ3n) is 6.85. The van der Waals surface area contributed by atoms with E-state index in [0.29, 0.717) is 24.4 Å². The van der Waals surface area contributed by atoms with Crippen molar-refractivity contribution in [3.8, 4) is 5.75 Å². The van der Waals surface area contributed by atoms with Crippen LogP contribution in [0, 0.1) is 13.8 Å². The van der Waals surface area contributed by atoms with E-state index in [4.69, 9.17) is 0 Å². The van der Waals surface area contributed by atoms with Crippen molar-refractivity contribution >= 4 is 5.91 Å². The maximum Gasteiger partial charge on any atom is 0.416 e. The Bertz CT molecular complexity index is 972. The van der Waals surface area contributed by atoms with E-state index in [1.165, 1.54) is 17.7 Å². The van der Waals surface area contributed by atoms with Crippen LogP contribution in [0.2, 0.25) is 0 Å². The van der Waals surface area contributed by atoms with Crippen molar-refractivity contribution < 1.29 is 23.1 Å². The Morgan fingerprint density at radius 2 is 1.71 bits per heavy atom. The highest BCUT2D eigenvalue weighted by atomic mass is 19.4. The normalized spacial score (nSPS) is 22.3. The summed E-state index contributed by atoms with van der Waals surface area (Å²) in [6.07, 6.45) is -1.33. The molecule has 1 amide bonds. The molecule has 7 heteroatoms. The minimum absolute atomic E-state index is 0.216. The number of nitrogens with zero attached hydrogens (tertiary/aromatic N) is 2. The van der Waals surface area contributed by atoms with Crippen LogP contribution in [0.1, 0.15) is 57.9 Å². The number of carbonyl (C=O) groups is 1. The van der Waals surface area contributed by atoms with Crippen molar-refractivity contribution in [3.05, 3.63) is 64.2 Å². The third kappa shape index (κ3) is 4.15. The molecule has 0 aliphatic carbocycles. The number of phenolic OH excluding ortho intramolecular Hbond substituents is 1. The summed E-state index contributed by atoms with van der Waals surface area (Å²) < 4.78 is 38.4. The topological polar surface area (TPSA) is 43.8 Å². The Morgan fingerprint density at radius 3 is 2.39 bits per heavy atom. The lowest BCUT2D eigenvalue weighted by Gasteiger charge is -2.48. The van der Waals surface area contributed by atoms with E-state index < -0.39 is 11.7 Å². The van der Waals surface area contributed by atoms with Gasteiger partial charge in [-0.1, -0.05) is 6.07 Å². The lowest BCUT2D eigenvalue weighted by molar-refractivity contribution is -0.137. The smallest absolute Gasteiger partial charge is 0.416 e. The molecular formula is C24H27F3N2O2. The minimum Gasteiger partial charge on any atom is -0.508 e. The van der Waals surface area contributed by atoms with E-state index in [0.717, 1.165) is 49.1 Å². The van der Waals surface area contributed by atoms with Gasteiger partial charge in [-0.25, -0.2) is 0 Å². The fraction of sp³-hybridized carbons (Fsp3) is 0.458. The molecule has 2 aliphatic heterocycles. The maximum absolute atomic E-state index is 12.9. The average molecular weight is 432 g/mol. The zero-order valence-corrected chi connectivity index (χ0v) is 17.7. The molecule has 0 unspecified atom stereocenters. The predicted molar refractivity (Wildman–Crippen MR) is 112 cm³/mol. The summed E-state index contributed by atoms with van der Waals surface area (Å²) in [6.45, 7) is 5.81. The van der Waals surface area contributed by atoms with Crippen molar-refractivity contribution in [1.29, 1.82) is 0 Å². The first-order valence-electron chi connectivity index (χ1n) is 10.7. The Hall–Kier alpha value is -2.54. The van der Waals surface area contributed by atoms with Crippen LogP contribution < -0.4 is 0 Å². The minimum atomic E-state index is -4.41. The quantitative estimate of drug-likeness (QED) is 0.720. The fourth-order valence-electron chi connectivity index (χ4n) is 4.94. The first kappa shape index (κ1) is 21.7. The molecule has 2 fully saturated rings. The largest absolute Gasteiger partial charge is 0.508 e.